The first-order valence-corrected chi connectivity index (χ1v) is 15.2. The molecule has 10 nitrogen and oxygen atoms in total. The van der Waals surface area contributed by atoms with Gasteiger partial charge >= 0.3 is 0 Å². The van der Waals surface area contributed by atoms with Crippen LogP contribution in [0.2, 0.25) is 0 Å². The van der Waals surface area contributed by atoms with Gasteiger partial charge < -0.3 is 16.0 Å². The van der Waals surface area contributed by atoms with Gasteiger partial charge in [0.1, 0.15) is 4.83 Å². The van der Waals surface area contributed by atoms with Crippen molar-refractivity contribution in [2.75, 3.05) is 19.6 Å². The van der Waals surface area contributed by atoms with Gasteiger partial charge in [-0.3, -0.25) is 19.2 Å². The van der Waals surface area contributed by atoms with Crippen molar-refractivity contribution in [3.05, 3.63) is 53.5 Å². The smallest absolute Gasteiger partial charge is 0.238 e. The molecule has 0 bridgehead atoms. The Labute approximate surface area is 246 Å². The van der Waals surface area contributed by atoms with Gasteiger partial charge in [0.2, 0.25) is 12.3 Å². The average molecular weight is 581 g/mol. The van der Waals surface area contributed by atoms with E-state index < -0.39 is 0 Å². The van der Waals surface area contributed by atoms with Crippen LogP contribution >= 0.6 is 11.3 Å². The molecule has 1 saturated heterocycles. The lowest BCUT2D eigenvalue weighted by atomic mass is 9.84. The number of thiazole rings is 1. The lowest BCUT2D eigenvalue weighted by molar-refractivity contribution is -0.124. The highest BCUT2D eigenvalue weighted by atomic mass is 32.1. The molecule has 1 unspecified atom stereocenters. The van der Waals surface area contributed by atoms with E-state index in [-0.39, 0.29) is 11.9 Å². The van der Waals surface area contributed by atoms with E-state index in [9.17, 15) is 9.59 Å². The number of hydrogen-bond donors (Lipinski definition) is 3. The SMILES string of the molecule is CC1NC=C(NC(=O)CN2CC(C)(C)C2)C=C1NC=O.CCCCn1ncc(-c2cn3ncc(C)c3s2)c1C(C)C. The fraction of sp³-hybridized carbons (Fsp3) is 0.533. The first kappa shape index (κ1) is 30.5. The van der Waals surface area contributed by atoms with E-state index in [1.54, 1.807) is 23.6 Å². The third-order valence-corrected chi connectivity index (χ3v) is 8.48. The topological polar surface area (TPSA) is 109 Å². The predicted molar refractivity (Wildman–Crippen MR) is 164 cm³/mol. The van der Waals surface area contributed by atoms with Crippen molar-refractivity contribution >= 4 is 28.5 Å². The van der Waals surface area contributed by atoms with Crippen molar-refractivity contribution in [2.24, 2.45) is 5.41 Å². The zero-order chi connectivity index (χ0) is 29.7. The molecule has 0 aliphatic carbocycles. The van der Waals surface area contributed by atoms with Gasteiger partial charge in [0.15, 0.2) is 0 Å². The van der Waals surface area contributed by atoms with E-state index in [4.69, 9.17) is 0 Å². The summed E-state index contributed by atoms with van der Waals surface area (Å²) in [5.74, 6) is 0.430. The summed E-state index contributed by atoms with van der Waals surface area (Å²) >= 11 is 1.80. The minimum absolute atomic E-state index is 0.0250. The van der Waals surface area contributed by atoms with Gasteiger partial charge in [-0.05, 0) is 37.7 Å². The summed E-state index contributed by atoms with van der Waals surface area (Å²) in [6.45, 7) is 18.4. The Morgan fingerprint density at radius 2 is 2.02 bits per heavy atom. The third-order valence-electron chi connectivity index (χ3n) is 7.23. The second-order valence-electron chi connectivity index (χ2n) is 12.1. The molecule has 0 saturated carbocycles. The number of rotatable bonds is 10. The van der Waals surface area contributed by atoms with Crippen LogP contribution in [0, 0.1) is 12.3 Å². The fourth-order valence-corrected chi connectivity index (χ4v) is 6.36. The predicted octanol–water partition coefficient (Wildman–Crippen LogP) is 4.40. The second-order valence-corrected chi connectivity index (χ2v) is 13.1. The fourth-order valence-electron chi connectivity index (χ4n) is 5.33. The number of carbonyl (C=O) groups excluding carboxylic acids is 2. The maximum absolute atomic E-state index is 11.9. The quantitative estimate of drug-likeness (QED) is 0.307. The van der Waals surface area contributed by atoms with Crippen molar-refractivity contribution in [3.63, 3.8) is 0 Å². The number of aromatic nitrogens is 4. The number of likely N-dealkylation sites (tertiary alicyclic amines) is 1. The number of hydrogen-bond acceptors (Lipinski definition) is 7. The molecule has 3 N–H and O–H groups in total. The molecule has 5 heterocycles. The van der Waals surface area contributed by atoms with Crippen LogP contribution in [-0.2, 0) is 16.1 Å². The molecular weight excluding hydrogens is 536 g/mol. The maximum atomic E-state index is 11.9. The van der Waals surface area contributed by atoms with Crippen LogP contribution in [0.3, 0.4) is 0 Å². The van der Waals surface area contributed by atoms with Crippen molar-refractivity contribution in [2.45, 2.75) is 79.8 Å². The molecule has 1 atom stereocenters. The molecule has 3 aromatic heterocycles. The minimum atomic E-state index is -0.0372. The molecule has 3 aromatic rings. The molecule has 2 aliphatic heterocycles. The Bertz CT molecular complexity index is 1420. The largest absolute Gasteiger partial charge is 0.381 e. The summed E-state index contributed by atoms with van der Waals surface area (Å²) in [6.07, 6.45) is 12.6. The molecule has 0 radical (unpaired) electrons. The normalized spacial score (nSPS) is 18.1. The van der Waals surface area contributed by atoms with Gasteiger partial charge in [0, 0.05) is 54.5 Å². The Balaban J connectivity index is 0.000000189. The number of dihydropyridines is 1. The summed E-state index contributed by atoms with van der Waals surface area (Å²) < 4.78 is 4.15. The molecule has 222 valence electrons. The van der Waals surface area contributed by atoms with Crippen LogP contribution in [0.4, 0.5) is 0 Å². The lowest BCUT2D eigenvalue weighted by Gasteiger charge is -2.45. The highest BCUT2D eigenvalue weighted by molar-refractivity contribution is 7.20. The third kappa shape index (κ3) is 7.45. The van der Waals surface area contributed by atoms with Crippen LogP contribution < -0.4 is 16.0 Å². The number of amides is 2. The van der Waals surface area contributed by atoms with Crippen molar-refractivity contribution in [3.8, 4) is 10.4 Å². The van der Waals surface area contributed by atoms with E-state index in [0.29, 0.717) is 30.0 Å². The Hall–Kier alpha value is -3.44. The Kier molecular flexibility index (Phi) is 9.70. The number of fused-ring (bicyclic) bond motifs is 1. The molecule has 5 rings (SSSR count). The molecule has 11 heteroatoms. The number of carbonyl (C=O) groups is 2. The number of allylic oxidation sites excluding steroid dienone is 1. The monoisotopic (exact) mass is 580 g/mol. The van der Waals surface area contributed by atoms with Gasteiger partial charge in [0.25, 0.3) is 0 Å². The summed E-state index contributed by atoms with van der Waals surface area (Å²) in [6, 6.07) is 0.0250. The molecule has 0 spiro atoms. The summed E-state index contributed by atoms with van der Waals surface area (Å²) in [4.78, 5) is 27.0. The zero-order valence-electron chi connectivity index (χ0n) is 25.3. The number of aryl methyl sites for hydroxylation is 2. The number of unbranched alkanes of at least 4 members (excludes halogenated alkanes) is 1. The highest BCUT2D eigenvalue weighted by Crippen LogP contribution is 2.35. The first-order valence-electron chi connectivity index (χ1n) is 14.4. The van der Waals surface area contributed by atoms with E-state index in [2.05, 4.69) is 83.5 Å². The van der Waals surface area contributed by atoms with Crippen molar-refractivity contribution in [1.29, 1.82) is 0 Å². The average Bonchev–Trinajstić information content (AvgIpc) is 3.59. The summed E-state index contributed by atoms with van der Waals surface area (Å²) in [5.41, 5.74) is 5.56. The van der Waals surface area contributed by atoms with E-state index in [1.165, 1.54) is 39.4 Å². The summed E-state index contributed by atoms with van der Waals surface area (Å²) in [7, 11) is 0. The van der Waals surface area contributed by atoms with Crippen molar-refractivity contribution < 1.29 is 9.59 Å². The van der Waals surface area contributed by atoms with Crippen molar-refractivity contribution in [1.82, 2.24) is 40.2 Å². The molecule has 2 aliphatic rings. The zero-order valence-corrected chi connectivity index (χ0v) is 26.1. The molecule has 2 amide bonds. The standard InChI is InChI=1S/C16H22N4S.C14H22N4O2/c1-5-6-7-19-15(11(2)3)13(9-18-19)14-10-20-16(21-14)12(4)8-17-20;1-10-12(16-9-19)4-11(5-15-10)17-13(20)6-18-7-14(2,3)8-18/h8-11H,5-7H2,1-4H3;4-5,9-10,15H,6-8H2,1-3H3,(H,16,19)(H,17,20). The van der Waals surface area contributed by atoms with Gasteiger partial charge in [-0.2, -0.15) is 10.2 Å². The van der Waals surface area contributed by atoms with Gasteiger partial charge in [-0.15, -0.1) is 11.3 Å². The van der Waals surface area contributed by atoms with E-state index in [1.807, 2.05) is 23.8 Å². The maximum Gasteiger partial charge on any atom is 0.238 e. The molecule has 1 fully saturated rings. The van der Waals surface area contributed by atoms with Crippen LogP contribution in [-0.4, -0.2) is 62.3 Å². The highest BCUT2D eigenvalue weighted by Gasteiger charge is 2.34. The first-order chi connectivity index (χ1) is 19.5. The number of nitrogens with one attached hydrogen (secondary N) is 3. The lowest BCUT2D eigenvalue weighted by Crippen LogP contribution is -2.55. The van der Waals surface area contributed by atoms with E-state index in [0.717, 1.165) is 25.3 Å². The Morgan fingerprint density at radius 3 is 2.66 bits per heavy atom. The molecule has 0 aromatic carbocycles. The Morgan fingerprint density at radius 1 is 1.27 bits per heavy atom. The van der Waals surface area contributed by atoms with Gasteiger partial charge in [-0.25, -0.2) is 4.52 Å². The number of nitrogens with zero attached hydrogens (tertiary/aromatic N) is 5. The van der Waals surface area contributed by atoms with Gasteiger partial charge in [-0.1, -0.05) is 41.0 Å². The minimum Gasteiger partial charge on any atom is -0.381 e. The van der Waals surface area contributed by atoms with Gasteiger partial charge in [0.05, 0.1) is 35.6 Å². The molecule has 41 heavy (non-hydrogen) atoms. The second kappa shape index (κ2) is 13.0. The van der Waals surface area contributed by atoms with E-state index >= 15 is 0 Å². The van der Waals surface area contributed by atoms with Crippen LogP contribution in [0.25, 0.3) is 15.3 Å². The van der Waals surface area contributed by atoms with Crippen LogP contribution in [0.15, 0.2) is 42.3 Å². The molecular formula is C30H44N8O2S. The van der Waals surface area contributed by atoms with Crippen LogP contribution in [0.5, 0.6) is 0 Å². The van der Waals surface area contributed by atoms with Crippen LogP contribution in [0.1, 0.15) is 71.6 Å². The summed E-state index contributed by atoms with van der Waals surface area (Å²) in [5, 5.41) is 17.6.